The molecule has 1 unspecified atom stereocenters. The Labute approximate surface area is 118 Å². The summed E-state index contributed by atoms with van der Waals surface area (Å²) in [6.45, 7) is 4.64. The number of anilines is 1. The first-order chi connectivity index (χ1) is 9.04. The molecule has 2 rings (SSSR count). The van der Waals surface area contributed by atoms with E-state index in [-0.39, 0.29) is 11.9 Å². The molecule has 0 aliphatic carbocycles. The molecule has 0 saturated carbocycles. The van der Waals surface area contributed by atoms with Crippen molar-refractivity contribution in [2.75, 3.05) is 11.4 Å². The molecule has 1 aromatic heterocycles. The van der Waals surface area contributed by atoms with Crippen LogP contribution in [0.3, 0.4) is 0 Å². The summed E-state index contributed by atoms with van der Waals surface area (Å²) in [7, 11) is 0. The van der Waals surface area contributed by atoms with Crippen molar-refractivity contribution < 1.29 is 4.79 Å². The van der Waals surface area contributed by atoms with E-state index < -0.39 is 0 Å². The number of aromatic nitrogens is 2. The Morgan fingerprint density at radius 2 is 2.21 bits per heavy atom. The maximum absolute atomic E-state index is 11.6. The van der Waals surface area contributed by atoms with Gasteiger partial charge in [-0.2, -0.15) is 0 Å². The van der Waals surface area contributed by atoms with Crippen molar-refractivity contribution in [2.45, 2.75) is 45.6 Å². The summed E-state index contributed by atoms with van der Waals surface area (Å²) < 4.78 is 0. The Morgan fingerprint density at radius 3 is 2.84 bits per heavy atom. The fourth-order valence-corrected chi connectivity index (χ4v) is 2.62. The van der Waals surface area contributed by atoms with Crippen LogP contribution in [-0.2, 0) is 11.2 Å². The molecule has 1 aliphatic rings. The van der Waals surface area contributed by atoms with Gasteiger partial charge < -0.3 is 10.6 Å². The zero-order valence-electron chi connectivity index (χ0n) is 11.3. The van der Waals surface area contributed by atoms with Gasteiger partial charge in [-0.1, -0.05) is 18.5 Å². The number of hydrogen-bond acceptors (Lipinski definition) is 4. The molecule has 5 nitrogen and oxygen atoms in total. The van der Waals surface area contributed by atoms with Crippen LogP contribution in [0.25, 0.3) is 0 Å². The first kappa shape index (κ1) is 14.1. The van der Waals surface area contributed by atoms with E-state index >= 15 is 0 Å². The number of nitrogens with two attached hydrogens (primary N) is 1. The molecule has 1 saturated heterocycles. The summed E-state index contributed by atoms with van der Waals surface area (Å²) in [5.74, 6) is 1.15. The lowest BCUT2D eigenvalue weighted by Crippen LogP contribution is -2.48. The van der Waals surface area contributed by atoms with Crippen LogP contribution in [0.4, 0.5) is 5.82 Å². The predicted octanol–water partition coefficient (Wildman–Crippen LogP) is 1.85. The summed E-state index contributed by atoms with van der Waals surface area (Å²) in [6.07, 6.45) is 3.54. The van der Waals surface area contributed by atoms with Crippen LogP contribution in [0.1, 0.15) is 37.6 Å². The zero-order valence-corrected chi connectivity index (χ0v) is 12.1. The van der Waals surface area contributed by atoms with Crippen molar-refractivity contribution in [1.82, 2.24) is 9.97 Å². The van der Waals surface area contributed by atoms with E-state index in [1.54, 1.807) is 0 Å². The normalized spacial score (nSPS) is 19.5. The molecule has 2 heterocycles. The second-order valence-corrected chi connectivity index (χ2v) is 5.20. The Kier molecular flexibility index (Phi) is 4.24. The van der Waals surface area contributed by atoms with Gasteiger partial charge in [-0.05, 0) is 26.2 Å². The van der Waals surface area contributed by atoms with Gasteiger partial charge >= 0.3 is 0 Å². The standard InChI is InChI=1S/C13H19ClN4O/c1-3-10-16-11(14)8(2)13(17-10)18-7-5-4-6-9(18)12(15)19/h9H,3-7H2,1-2H3,(H2,15,19). The van der Waals surface area contributed by atoms with Crippen LogP contribution >= 0.6 is 11.6 Å². The van der Waals surface area contributed by atoms with Gasteiger partial charge in [0.05, 0.1) is 0 Å². The first-order valence-corrected chi connectivity index (χ1v) is 7.01. The number of piperidine rings is 1. The summed E-state index contributed by atoms with van der Waals surface area (Å²) in [5, 5.41) is 0.454. The lowest BCUT2D eigenvalue weighted by atomic mass is 10.0. The smallest absolute Gasteiger partial charge is 0.240 e. The minimum Gasteiger partial charge on any atom is -0.368 e. The second kappa shape index (κ2) is 5.74. The van der Waals surface area contributed by atoms with Gasteiger partial charge in [0.15, 0.2) is 0 Å². The van der Waals surface area contributed by atoms with Crippen LogP contribution in [0.15, 0.2) is 0 Å². The van der Waals surface area contributed by atoms with Crippen molar-refractivity contribution >= 4 is 23.3 Å². The largest absolute Gasteiger partial charge is 0.368 e. The number of aryl methyl sites for hydroxylation is 1. The average molecular weight is 283 g/mol. The molecule has 1 aromatic rings. The van der Waals surface area contributed by atoms with E-state index in [0.29, 0.717) is 17.4 Å². The molecule has 0 aromatic carbocycles. The maximum atomic E-state index is 11.6. The first-order valence-electron chi connectivity index (χ1n) is 6.63. The van der Waals surface area contributed by atoms with E-state index in [4.69, 9.17) is 17.3 Å². The molecule has 19 heavy (non-hydrogen) atoms. The Bertz CT molecular complexity index is 492. The van der Waals surface area contributed by atoms with Gasteiger partial charge in [-0.25, -0.2) is 9.97 Å². The summed E-state index contributed by atoms with van der Waals surface area (Å²) in [5.41, 5.74) is 6.31. The number of hydrogen-bond donors (Lipinski definition) is 1. The molecule has 1 atom stereocenters. The molecule has 1 amide bonds. The molecular formula is C13H19ClN4O. The van der Waals surface area contributed by atoms with Gasteiger partial charge in [-0.15, -0.1) is 0 Å². The third-order valence-electron chi connectivity index (χ3n) is 3.53. The van der Waals surface area contributed by atoms with E-state index in [2.05, 4.69) is 9.97 Å². The second-order valence-electron chi connectivity index (χ2n) is 4.84. The Hall–Kier alpha value is -1.36. The number of carbonyl (C=O) groups is 1. The molecule has 0 spiro atoms. The van der Waals surface area contributed by atoms with Crippen LogP contribution < -0.4 is 10.6 Å². The molecule has 0 bridgehead atoms. The van der Waals surface area contributed by atoms with Crippen LogP contribution in [0.2, 0.25) is 5.15 Å². The lowest BCUT2D eigenvalue weighted by molar-refractivity contribution is -0.119. The van der Waals surface area contributed by atoms with E-state index in [1.807, 2.05) is 18.7 Å². The summed E-state index contributed by atoms with van der Waals surface area (Å²) in [4.78, 5) is 22.3. The highest BCUT2D eigenvalue weighted by Gasteiger charge is 2.29. The third kappa shape index (κ3) is 2.81. The molecule has 0 radical (unpaired) electrons. The number of primary amides is 1. The highest BCUT2D eigenvalue weighted by molar-refractivity contribution is 6.30. The topological polar surface area (TPSA) is 72.1 Å². The zero-order chi connectivity index (χ0) is 14.0. The average Bonchev–Trinajstić information content (AvgIpc) is 2.41. The Morgan fingerprint density at radius 1 is 1.47 bits per heavy atom. The van der Waals surface area contributed by atoms with Crippen molar-refractivity contribution in [3.8, 4) is 0 Å². The van der Waals surface area contributed by atoms with Gasteiger partial charge in [0.2, 0.25) is 5.91 Å². The fraction of sp³-hybridized carbons (Fsp3) is 0.615. The highest BCUT2D eigenvalue weighted by Crippen LogP contribution is 2.29. The monoisotopic (exact) mass is 282 g/mol. The van der Waals surface area contributed by atoms with Crippen molar-refractivity contribution in [1.29, 1.82) is 0 Å². The van der Waals surface area contributed by atoms with Gasteiger partial charge in [-0.3, -0.25) is 4.79 Å². The van der Waals surface area contributed by atoms with Crippen molar-refractivity contribution in [3.63, 3.8) is 0 Å². The van der Waals surface area contributed by atoms with Crippen molar-refractivity contribution in [2.24, 2.45) is 5.73 Å². The van der Waals surface area contributed by atoms with Crippen LogP contribution in [0, 0.1) is 6.92 Å². The fourth-order valence-electron chi connectivity index (χ4n) is 2.44. The van der Waals surface area contributed by atoms with Gasteiger partial charge in [0.25, 0.3) is 0 Å². The van der Waals surface area contributed by atoms with Crippen LogP contribution in [-0.4, -0.2) is 28.5 Å². The quantitative estimate of drug-likeness (QED) is 0.859. The van der Waals surface area contributed by atoms with Gasteiger partial charge in [0.1, 0.15) is 22.8 Å². The molecule has 2 N–H and O–H groups in total. The number of rotatable bonds is 3. The van der Waals surface area contributed by atoms with E-state index in [9.17, 15) is 4.79 Å². The van der Waals surface area contributed by atoms with E-state index in [1.165, 1.54) is 0 Å². The minimum absolute atomic E-state index is 0.289. The number of amides is 1. The predicted molar refractivity (Wildman–Crippen MR) is 75.3 cm³/mol. The lowest BCUT2D eigenvalue weighted by Gasteiger charge is -2.35. The molecule has 6 heteroatoms. The molecular weight excluding hydrogens is 264 g/mol. The third-order valence-corrected chi connectivity index (χ3v) is 3.89. The minimum atomic E-state index is -0.299. The molecule has 104 valence electrons. The number of carbonyl (C=O) groups excluding carboxylic acids is 1. The van der Waals surface area contributed by atoms with Gasteiger partial charge in [0, 0.05) is 18.5 Å². The number of halogens is 1. The maximum Gasteiger partial charge on any atom is 0.240 e. The van der Waals surface area contributed by atoms with Crippen molar-refractivity contribution in [3.05, 3.63) is 16.5 Å². The molecule has 1 aliphatic heterocycles. The highest BCUT2D eigenvalue weighted by atomic mass is 35.5. The summed E-state index contributed by atoms with van der Waals surface area (Å²) in [6, 6.07) is -0.289. The van der Waals surface area contributed by atoms with Crippen LogP contribution in [0.5, 0.6) is 0 Å². The SMILES string of the molecule is CCc1nc(Cl)c(C)c(N2CCCCC2C(N)=O)n1. The van der Waals surface area contributed by atoms with E-state index in [0.717, 1.165) is 37.2 Å². The molecule has 1 fully saturated rings. The summed E-state index contributed by atoms with van der Waals surface area (Å²) >= 11 is 6.15. The number of nitrogens with zero attached hydrogens (tertiary/aromatic N) is 3. The Balaban J connectivity index is 2.43.